The van der Waals surface area contributed by atoms with E-state index in [0.29, 0.717) is 18.5 Å². The number of rotatable bonds is 8. The van der Waals surface area contributed by atoms with Gasteiger partial charge in [0.15, 0.2) is 5.58 Å². The van der Waals surface area contributed by atoms with E-state index in [1.807, 2.05) is 30.1 Å². The number of benzene rings is 2. The van der Waals surface area contributed by atoms with E-state index in [0.717, 1.165) is 46.6 Å². The van der Waals surface area contributed by atoms with Gasteiger partial charge in [-0.15, -0.1) is 0 Å². The third-order valence-corrected chi connectivity index (χ3v) is 7.29. The molecule has 1 aliphatic heterocycles. The Morgan fingerprint density at radius 2 is 1.88 bits per heavy atom. The standard InChI is InChI=1S/C25H28F3N3O2S/c1-15(2)23-22(34-24(29-23)16-4-6-17(7-5-16)25(26,27)28)11-10-20-19-9-8-18(31(3)12-13-32)14-21(19)33-30-20/h4-9,14-15,24,29,32H,10-13H2,1-3H3. The highest BCUT2D eigenvalue weighted by atomic mass is 32.2. The molecule has 1 aliphatic rings. The number of aromatic nitrogens is 1. The first-order valence-corrected chi connectivity index (χ1v) is 12.1. The van der Waals surface area contributed by atoms with Crippen molar-refractivity contribution < 1.29 is 22.8 Å². The second-order valence-electron chi connectivity index (χ2n) is 8.71. The van der Waals surface area contributed by atoms with Gasteiger partial charge in [-0.3, -0.25) is 0 Å². The summed E-state index contributed by atoms with van der Waals surface area (Å²) in [6.07, 6.45) is -2.88. The predicted molar refractivity (Wildman–Crippen MR) is 129 cm³/mol. The number of alkyl halides is 3. The zero-order valence-corrected chi connectivity index (χ0v) is 20.1. The number of aryl methyl sites for hydroxylation is 1. The molecular weight excluding hydrogens is 463 g/mol. The Hall–Kier alpha value is -2.65. The van der Waals surface area contributed by atoms with E-state index in [1.54, 1.807) is 23.9 Å². The minimum Gasteiger partial charge on any atom is -0.395 e. The Morgan fingerprint density at radius 3 is 2.53 bits per heavy atom. The molecule has 0 spiro atoms. The van der Waals surface area contributed by atoms with Crippen LogP contribution in [-0.4, -0.2) is 30.5 Å². The van der Waals surface area contributed by atoms with E-state index < -0.39 is 11.7 Å². The Kier molecular flexibility index (Phi) is 7.14. The number of allylic oxidation sites excluding steroid dienone is 2. The summed E-state index contributed by atoms with van der Waals surface area (Å²) in [6, 6.07) is 11.3. The van der Waals surface area contributed by atoms with Crippen LogP contribution in [0.5, 0.6) is 0 Å². The average molecular weight is 492 g/mol. The number of nitrogens with one attached hydrogen (secondary N) is 1. The Balaban J connectivity index is 1.47. The number of nitrogens with zero attached hydrogens (tertiary/aromatic N) is 2. The highest BCUT2D eigenvalue weighted by molar-refractivity contribution is 8.03. The molecule has 0 amide bonds. The molecule has 3 aromatic rings. The number of thioether (sulfide) groups is 1. The van der Waals surface area contributed by atoms with Crippen molar-refractivity contribution in [1.29, 1.82) is 0 Å². The van der Waals surface area contributed by atoms with Crippen LogP contribution in [0.4, 0.5) is 18.9 Å². The zero-order chi connectivity index (χ0) is 24.5. The summed E-state index contributed by atoms with van der Waals surface area (Å²) >= 11 is 1.65. The number of likely N-dealkylation sites (N-methyl/N-ethyl adjacent to an activating group) is 1. The zero-order valence-electron chi connectivity index (χ0n) is 19.3. The second-order valence-corrected chi connectivity index (χ2v) is 9.91. The highest BCUT2D eigenvalue weighted by Gasteiger charge is 2.31. The smallest absolute Gasteiger partial charge is 0.395 e. The molecule has 2 N–H and O–H groups in total. The van der Waals surface area contributed by atoms with E-state index in [4.69, 9.17) is 9.63 Å². The van der Waals surface area contributed by atoms with Crippen molar-refractivity contribution in [1.82, 2.24) is 10.5 Å². The number of hydrogen-bond donors (Lipinski definition) is 2. The lowest BCUT2D eigenvalue weighted by Crippen LogP contribution is -2.20. The van der Waals surface area contributed by atoms with Crippen LogP contribution in [-0.2, 0) is 12.6 Å². The molecule has 0 saturated heterocycles. The molecule has 4 rings (SSSR count). The van der Waals surface area contributed by atoms with Gasteiger partial charge in [-0.05, 0) is 48.6 Å². The van der Waals surface area contributed by atoms with Crippen LogP contribution in [0.25, 0.3) is 11.0 Å². The fourth-order valence-electron chi connectivity index (χ4n) is 4.04. The Bertz CT molecular complexity index is 1170. The van der Waals surface area contributed by atoms with Gasteiger partial charge in [0.1, 0.15) is 5.37 Å². The Morgan fingerprint density at radius 1 is 1.15 bits per heavy atom. The molecule has 5 nitrogen and oxygen atoms in total. The largest absolute Gasteiger partial charge is 0.416 e. The molecule has 1 aromatic heterocycles. The molecule has 182 valence electrons. The molecule has 34 heavy (non-hydrogen) atoms. The van der Waals surface area contributed by atoms with Gasteiger partial charge >= 0.3 is 6.18 Å². The van der Waals surface area contributed by atoms with Crippen molar-refractivity contribution in [3.8, 4) is 0 Å². The number of anilines is 1. The summed E-state index contributed by atoms with van der Waals surface area (Å²) < 4.78 is 44.3. The van der Waals surface area contributed by atoms with Crippen molar-refractivity contribution in [2.24, 2.45) is 5.92 Å². The van der Waals surface area contributed by atoms with Crippen LogP contribution < -0.4 is 10.2 Å². The van der Waals surface area contributed by atoms with E-state index in [-0.39, 0.29) is 17.9 Å². The van der Waals surface area contributed by atoms with Crippen LogP contribution in [0.15, 0.2) is 57.6 Å². The molecule has 0 radical (unpaired) electrons. The molecule has 0 bridgehead atoms. The minimum absolute atomic E-state index is 0.0721. The number of fused-ring (bicyclic) bond motifs is 1. The summed E-state index contributed by atoms with van der Waals surface area (Å²) in [5.41, 5.74) is 3.83. The van der Waals surface area contributed by atoms with Gasteiger partial charge in [0.25, 0.3) is 0 Å². The lowest BCUT2D eigenvalue weighted by molar-refractivity contribution is -0.137. The summed E-state index contributed by atoms with van der Waals surface area (Å²) in [7, 11) is 1.91. The molecule has 2 heterocycles. The lowest BCUT2D eigenvalue weighted by atomic mass is 10.1. The van der Waals surface area contributed by atoms with E-state index in [2.05, 4.69) is 24.3 Å². The summed E-state index contributed by atoms with van der Waals surface area (Å²) in [5, 5.41) is 17.8. The quantitative estimate of drug-likeness (QED) is 0.396. The molecule has 9 heteroatoms. The van der Waals surface area contributed by atoms with Gasteiger partial charge in [0.05, 0.1) is 17.9 Å². The van der Waals surface area contributed by atoms with E-state index in [1.165, 1.54) is 4.91 Å². The second kappa shape index (κ2) is 9.92. The normalized spacial score (nSPS) is 16.5. The van der Waals surface area contributed by atoms with Crippen molar-refractivity contribution in [3.05, 3.63) is 69.9 Å². The molecule has 0 aliphatic carbocycles. The number of hydrogen-bond acceptors (Lipinski definition) is 6. The van der Waals surface area contributed by atoms with Crippen LogP contribution in [0.3, 0.4) is 0 Å². The van der Waals surface area contributed by atoms with Gasteiger partial charge in [0, 0.05) is 41.3 Å². The summed E-state index contributed by atoms with van der Waals surface area (Å²) in [4.78, 5) is 3.14. The topological polar surface area (TPSA) is 61.5 Å². The van der Waals surface area contributed by atoms with Crippen molar-refractivity contribution >= 4 is 28.4 Å². The van der Waals surface area contributed by atoms with Gasteiger partial charge in [0.2, 0.25) is 0 Å². The molecule has 1 atom stereocenters. The van der Waals surface area contributed by atoms with Gasteiger partial charge in [-0.2, -0.15) is 13.2 Å². The maximum absolute atomic E-state index is 12.9. The molecular formula is C25H28F3N3O2S. The van der Waals surface area contributed by atoms with Crippen LogP contribution in [0.1, 0.15) is 42.5 Å². The number of aliphatic hydroxyl groups excluding tert-OH is 1. The van der Waals surface area contributed by atoms with Crippen molar-refractivity contribution in [2.75, 3.05) is 25.1 Å². The lowest BCUT2D eigenvalue weighted by Gasteiger charge is -2.17. The van der Waals surface area contributed by atoms with Gasteiger partial charge in [-0.1, -0.05) is 42.9 Å². The summed E-state index contributed by atoms with van der Waals surface area (Å²) in [6.45, 7) is 4.81. The maximum atomic E-state index is 12.9. The SMILES string of the molecule is CC(C)C1=C(CCc2noc3cc(N(C)CCO)ccc23)SC(c2ccc(C(F)(F)F)cc2)N1. The highest BCUT2D eigenvalue weighted by Crippen LogP contribution is 2.45. The third-order valence-electron chi connectivity index (χ3n) is 5.96. The third kappa shape index (κ3) is 5.20. The van der Waals surface area contributed by atoms with Crippen LogP contribution in [0.2, 0.25) is 0 Å². The van der Waals surface area contributed by atoms with Crippen LogP contribution in [0, 0.1) is 5.92 Å². The molecule has 1 unspecified atom stereocenters. The van der Waals surface area contributed by atoms with E-state index in [9.17, 15) is 13.2 Å². The Labute approximate surface area is 201 Å². The maximum Gasteiger partial charge on any atom is 0.416 e. The van der Waals surface area contributed by atoms with E-state index >= 15 is 0 Å². The first-order chi connectivity index (χ1) is 16.2. The molecule has 0 saturated carbocycles. The van der Waals surface area contributed by atoms with Crippen LogP contribution >= 0.6 is 11.8 Å². The number of aliphatic hydroxyl groups is 1. The fourth-order valence-corrected chi connectivity index (χ4v) is 5.45. The van der Waals surface area contributed by atoms with Gasteiger partial charge in [-0.25, -0.2) is 0 Å². The van der Waals surface area contributed by atoms with Crippen molar-refractivity contribution in [2.45, 2.75) is 38.2 Å². The predicted octanol–water partition coefficient (Wildman–Crippen LogP) is 6.11. The summed E-state index contributed by atoms with van der Waals surface area (Å²) in [5.74, 6) is 0.264. The monoisotopic (exact) mass is 491 g/mol. The average Bonchev–Trinajstić information content (AvgIpc) is 3.41. The fraction of sp³-hybridized carbons (Fsp3) is 0.400. The first kappa shape index (κ1) is 24.5. The molecule has 0 fully saturated rings. The van der Waals surface area contributed by atoms with Crippen molar-refractivity contribution in [3.63, 3.8) is 0 Å². The number of halogens is 3. The first-order valence-electron chi connectivity index (χ1n) is 11.2. The molecule has 2 aromatic carbocycles. The minimum atomic E-state index is -4.34. The van der Waals surface area contributed by atoms with Gasteiger partial charge < -0.3 is 19.8 Å².